The summed E-state index contributed by atoms with van der Waals surface area (Å²) in [6, 6.07) is 0. The van der Waals surface area contributed by atoms with Crippen LogP contribution >= 0.6 is 0 Å². The van der Waals surface area contributed by atoms with Crippen LogP contribution in [-0.4, -0.2) is 31.3 Å². The molecule has 1 rings (SSSR count). The van der Waals surface area contributed by atoms with E-state index in [0.29, 0.717) is 0 Å². The van der Waals surface area contributed by atoms with Crippen LogP contribution in [0.25, 0.3) is 0 Å². The summed E-state index contributed by atoms with van der Waals surface area (Å²) in [7, 11) is 0. The van der Waals surface area contributed by atoms with Crippen LogP contribution in [-0.2, 0) is 17.6 Å². The van der Waals surface area contributed by atoms with Gasteiger partial charge >= 0.3 is 0 Å². The number of aromatic nitrogens is 1. The minimum atomic E-state index is 0.719. The molecule has 0 aromatic carbocycles. The zero-order valence-electron chi connectivity index (χ0n) is 11.0. The molecule has 1 aromatic rings. The Morgan fingerprint density at radius 3 is 2.82 bits per heavy atom. The summed E-state index contributed by atoms with van der Waals surface area (Å²) < 4.78 is 11.0. The zero-order chi connectivity index (χ0) is 12.3. The number of hydrogen-bond acceptors (Lipinski definition) is 4. The van der Waals surface area contributed by atoms with Crippen LogP contribution in [0.3, 0.4) is 0 Å². The SMILES string of the molecule is CCCNCCc1ncc(CCOCCC)o1. The van der Waals surface area contributed by atoms with Gasteiger partial charge in [0.05, 0.1) is 12.8 Å². The van der Waals surface area contributed by atoms with Crippen molar-refractivity contribution in [3.63, 3.8) is 0 Å². The molecule has 0 saturated heterocycles. The van der Waals surface area contributed by atoms with E-state index in [1.165, 1.54) is 0 Å². The lowest BCUT2D eigenvalue weighted by Crippen LogP contribution is -2.17. The Bertz CT molecular complexity index is 260. The van der Waals surface area contributed by atoms with Gasteiger partial charge in [0.25, 0.3) is 0 Å². The van der Waals surface area contributed by atoms with Gasteiger partial charge in [-0.3, -0.25) is 0 Å². The quantitative estimate of drug-likeness (QED) is 0.637. The maximum Gasteiger partial charge on any atom is 0.195 e. The van der Waals surface area contributed by atoms with Gasteiger partial charge in [-0.15, -0.1) is 0 Å². The first-order valence-electron chi connectivity index (χ1n) is 6.58. The Morgan fingerprint density at radius 1 is 1.18 bits per heavy atom. The fourth-order valence-electron chi connectivity index (χ4n) is 1.50. The predicted molar refractivity (Wildman–Crippen MR) is 68.2 cm³/mol. The molecule has 0 aliphatic heterocycles. The number of hydrogen-bond donors (Lipinski definition) is 1. The van der Waals surface area contributed by atoms with Crippen LogP contribution in [0.4, 0.5) is 0 Å². The number of oxazole rings is 1. The average molecular weight is 240 g/mol. The van der Waals surface area contributed by atoms with Crippen LogP contribution < -0.4 is 5.32 Å². The molecule has 0 aliphatic carbocycles. The molecule has 0 radical (unpaired) electrons. The van der Waals surface area contributed by atoms with E-state index in [1.807, 2.05) is 6.20 Å². The van der Waals surface area contributed by atoms with Crippen molar-refractivity contribution < 1.29 is 9.15 Å². The fourth-order valence-corrected chi connectivity index (χ4v) is 1.50. The van der Waals surface area contributed by atoms with Crippen LogP contribution in [0.1, 0.15) is 38.3 Å². The van der Waals surface area contributed by atoms with Gasteiger partial charge in [-0.2, -0.15) is 0 Å². The van der Waals surface area contributed by atoms with E-state index in [4.69, 9.17) is 9.15 Å². The second-order valence-corrected chi connectivity index (χ2v) is 4.08. The largest absolute Gasteiger partial charge is 0.446 e. The second-order valence-electron chi connectivity index (χ2n) is 4.08. The summed E-state index contributed by atoms with van der Waals surface area (Å²) in [5.74, 6) is 1.74. The molecule has 17 heavy (non-hydrogen) atoms. The number of nitrogens with zero attached hydrogens (tertiary/aromatic N) is 1. The van der Waals surface area contributed by atoms with Crippen LogP contribution in [0.5, 0.6) is 0 Å². The van der Waals surface area contributed by atoms with E-state index in [-0.39, 0.29) is 0 Å². The Kier molecular flexibility index (Phi) is 7.67. The minimum absolute atomic E-state index is 0.719. The van der Waals surface area contributed by atoms with Crippen LogP contribution in [0.2, 0.25) is 0 Å². The smallest absolute Gasteiger partial charge is 0.195 e. The first-order valence-corrected chi connectivity index (χ1v) is 6.58. The molecule has 4 heteroatoms. The highest BCUT2D eigenvalue weighted by Crippen LogP contribution is 2.05. The van der Waals surface area contributed by atoms with E-state index < -0.39 is 0 Å². The lowest BCUT2D eigenvalue weighted by Gasteiger charge is -2.00. The maximum absolute atomic E-state index is 5.61. The van der Waals surface area contributed by atoms with E-state index in [9.17, 15) is 0 Å². The molecule has 0 unspecified atom stereocenters. The molecular weight excluding hydrogens is 216 g/mol. The molecule has 0 saturated carbocycles. The van der Waals surface area contributed by atoms with Crippen LogP contribution in [0.15, 0.2) is 10.6 Å². The van der Waals surface area contributed by atoms with Gasteiger partial charge in [0.1, 0.15) is 5.76 Å². The maximum atomic E-state index is 5.61. The third kappa shape index (κ3) is 6.44. The monoisotopic (exact) mass is 240 g/mol. The Morgan fingerprint density at radius 2 is 2.06 bits per heavy atom. The fraction of sp³-hybridized carbons (Fsp3) is 0.769. The van der Waals surface area contributed by atoms with E-state index >= 15 is 0 Å². The molecule has 0 amide bonds. The molecule has 4 nitrogen and oxygen atoms in total. The van der Waals surface area contributed by atoms with Crippen LogP contribution in [0, 0.1) is 0 Å². The molecule has 0 atom stereocenters. The number of rotatable bonds is 10. The summed E-state index contributed by atoms with van der Waals surface area (Å²) in [5.41, 5.74) is 0. The van der Waals surface area contributed by atoms with Gasteiger partial charge in [0.15, 0.2) is 5.89 Å². The lowest BCUT2D eigenvalue weighted by molar-refractivity contribution is 0.134. The van der Waals surface area contributed by atoms with Crippen molar-refractivity contribution in [2.75, 3.05) is 26.3 Å². The highest BCUT2D eigenvalue weighted by atomic mass is 16.5. The molecular formula is C13H24N2O2. The van der Waals surface area contributed by atoms with Crippen molar-refractivity contribution in [1.82, 2.24) is 10.3 Å². The summed E-state index contributed by atoms with van der Waals surface area (Å²) in [4.78, 5) is 4.25. The minimum Gasteiger partial charge on any atom is -0.446 e. The third-order valence-corrected chi connectivity index (χ3v) is 2.39. The number of ether oxygens (including phenoxy) is 1. The molecule has 0 spiro atoms. The molecule has 98 valence electrons. The number of nitrogens with one attached hydrogen (secondary N) is 1. The molecule has 0 aliphatic rings. The van der Waals surface area contributed by atoms with Gasteiger partial charge in [0.2, 0.25) is 0 Å². The van der Waals surface area contributed by atoms with Gasteiger partial charge in [-0.1, -0.05) is 13.8 Å². The molecule has 1 heterocycles. The third-order valence-electron chi connectivity index (χ3n) is 2.39. The summed E-state index contributed by atoms with van der Waals surface area (Å²) in [5, 5.41) is 3.33. The van der Waals surface area contributed by atoms with Gasteiger partial charge in [0, 0.05) is 26.0 Å². The topological polar surface area (TPSA) is 47.3 Å². The Hall–Kier alpha value is -0.870. The van der Waals surface area contributed by atoms with Crippen molar-refractivity contribution in [3.05, 3.63) is 17.8 Å². The normalized spacial score (nSPS) is 10.9. The lowest BCUT2D eigenvalue weighted by atomic mass is 10.4. The van der Waals surface area contributed by atoms with E-state index in [1.54, 1.807) is 0 Å². The summed E-state index contributed by atoms with van der Waals surface area (Å²) in [6.07, 6.45) is 5.70. The molecule has 0 fully saturated rings. The van der Waals surface area contributed by atoms with Gasteiger partial charge in [-0.05, 0) is 19.4 Å². The van der Waals surface area contributed by atoms with Crippen molar-refractivity contribution in [2.24, 2.45) is 0 Å². The first-order chi connectivity index (χ1) is 8.36. The highest BCUT2D eigenvalue weighted by Gasteiger charge is 2.03. The van der Waals surface area contributed by atoms with Crippen molar-refractivity contribution in [1.29, 1.82) is 0 Å². The van der Waals surface area contributed by atoms with E-state index in [0.717, 1.165) is 63.6 Å². The zero-order valence-corrected chi connectivity index (χ0v) is 11.0. The second kappa shape index (κ2) is 9.19. The van der Waals surface area contributed by atoms with Gasteiger partial charge in [-0.25, -0.2) is 4.98 Å². The average Bonchev–Trinajstić information content (AvgIpc) is 2.78. The highest BCUT2D eigenvalue weighted by molar-refractivity contribution is 4.94. The Balaban J connectivity index is 2.14. The summed E-state index contributed by atoms with van der Waals surface area (Å²) in [6.45, 7) is 7.79. The molecule has 1 N–H and O–H groups in total. The molecule has 0 bridgehead atoms. The van der Waals surface area contributed by atoms with E-state index in [2.05, 4.69) is 24.1 Å². The predicted octanol–water partition coefficient (Wildman–Crippen LogP) is 2.19. The first kappa shape index (κ1) is 14.2. The summed E-state index contributed by atoms with van der Waals surface area (Å²) >= 11 is 0. The molecule has 1 aromatic heterocycles. The van der Waals surface area contributed by atoms with Crippen molar-refractivity contribution in [2.45, 2.75) is 39.5 Å². The Labute approximate surface area is 104 Å². The standard InChI is InChI=1S/C13H24N2O2/c1-3-7-14-8-5-13-15-11-12(17-13)6-10-16-9-4-2/h11,14H,3-10H2,1-2H3. The van der Waals surface area contributed by atoms with Crippen molar-refractivity contribution in [3.8, 4) is 0 Å². The van der Waals surface area contributed by atoms with Gasteiger partial charge < -0.3 is 14.5 Å². The van der Waals surface area contributed by atoms with Crippen molar-refractivity contribution >= 4 is 0 Å².